The van der Waals surface area contributed by atoms with Gasteiger partial charge >= 0.3 is 6.09 Å². The molecule has 1 aliphatic carbocycles. The SMILES string of the molecule is CC(NC1=NCCN(C(=O)OC(C)(C)C)C1)C1CCCCC1. The fraction of sp³-hybridized carbons (Fsp3) is 0.882. The minimum atomic E-state index is -0.450. The number of nitrogens with zero attached hydrogens (tertiary/aromatic N) is 2. The fourth-order valence-electron chi connectivity index (χ4n) is 3.20. The van der Waals surface area contributed by atoms with Gasteiger partial charge in [-0.05, 0) is 46.5 Å². The summed E-state index contributed by atoms with van der Waals surface area (Å²) in [5.74, 6) is 1.66. The Morgan fingerprint density at radius 3 is 2.64 bits per heavy atom. The zero-order valence-electron chi connectivity index (χ0n) is 14.5. The van der Waals surface area contributed by atoms with Gasteiger partial charge in [0.1, 0.15) is 11.4 Å². The van der Waals surface area contributed by atoms with E-state index in [1.807, 2.05) is 20.8 Å². The van der Waals surface area contributed by atoms with Crippen molar-refractivity contribution < 1.29 is 9.53 Å². The van der Waals surface area contributed by atoms with Crippen molar-refractivity contribution in [1.29, 1.82) is 0 Å². The Hall–Kier alpha value is -1.26. The van der Waals surface area contributed by atoms with Crippen molar-refractivity contribution in [3.05, 3.63) is 0 Å². The van der Waals surface area contributed by atoms with Crippen molar-refractivity contribution in [3.8, 4) is 0 Å². The molecule has 1 fully saturated rings. The molecule has 1 atom stereocenters. The molecule has 0 aromatic carbocycles. The van der Waals surface area contributed by atoms with Crippen LogP contribution in [0.3, 0.4) is 0 Å². The smallest absolute Gasteiger partial charge is 0.410 e. The topological polar surface area (TPSA) is 53.9 Å². The second kappa shape index (κ2) is 7.34. The third kappa shape index (κ3) is 5.18. The van der Waals surface area contributed by atoms with E-state index in [9.17, 15) is 4.79 Å². The van der Waals surface area contributed by atoms with Gasteiger partial charge in [0.15, 0.2) is 0 Å². The first-order valence-electron chi connectivity index (χ1n) is 8.63. The molecule has 1 amide bonds. The minimum Gasteiger partial charge on any atom is -0.444 e. The van der Waals surface area contributed by atoms with E-state index >= 15 is 0 Å². The molecule has 1 N–H and O–H groups in total. The van der Waals surface area contributed by atoms with Gasteiger partial charge in [0.05, 0.1) is 13.1 Å². The molecule has 5 heteroatoms. The highest BCUT2D eigenvalue weighted by Gasteiger charge is 2.27. The van der Waals surface area contributed by atoms with E-state index in [-0.39, 0.29) is 6.09 Å². The standard InChI is InChI=1S/C17H31N3O2/c1-13(14-8-6-5-7-9-14)19-15-12-20(11-10-18-15)16(21)22-17(2,3)4/h13-14H,5-12H2,1-4H3,(H,18,19). The number of amidine groups is 1. The van der Waals surface area contributed by atoms with Crippen LogP contribution in [-0.2, 0) is 4.74 Å². The lowest BCUT2D eigenvalue weighted by Gasteiger charge is -2.33. The van der Waals surface area contributed by atoms with Crippen molar-refractivity contribution in [2.75, 3.05) is 19.6 Å². The second-order valence-electron chi connectivity index (χ2n) is 7.56. The summed E-state index contributed by atoms with van der Waals surface area (Å²) in [6.45, 7) is 9.75. The average Bonchev–Trinajstić information content (AvgIpc) is 2.46. The molecule has 0 radical (unpaired) electrons. The molecule has 2 rings (SSSR count). The molecule has 1 unspecified atom stereocenters. The van der Waals surface area contributed by atoms with Crippen LogP contribution in [0.1, 0.15) is 59.8 Å². The summed E-state index contributed by atoms with van der Waals surface area (Å²) in [7, 11) is 0. The Labute approximate surface area is 134 Å². The van der Waals surface area contributed by atoms with Gasteiger partial charge < -0.3 is 10.1 Å². The molecule has 0 saturated heterocycles. The third-order valence-corrected chi connectivity index (χ3v) is 4.42. The number of nitrogens with one attached hydrogen (secondary N) is 1. The van der Waals surface area contributed by atoms with E-state index < -0.39 is 5.60 Å². The van der Waals surface area contributed by atoms with Gasteiger partial charge in [0.25, 0.3) is 0 Å². The summed E-state index contributed by atoms with van der Waals surface area (Å²) in [6, 6.07) is 0.428. The number of carbonyl (C=O) groups excluding carboxylic acids is 1. The lowest BCUT2D eigenvalue weighted by molar-refractivity contribution is 0.0276. The molecule has 0 spiro atoms. The summed E-state index contributed by atoms with van der Waals surface area (Å²) in [5.41, 5.74) is -0.450. The van der Waals surface area contributed by atoms with Crippen molar-refractivity contribution in [2.24, 2.45) is 10.9 Å². The quantitative estimate of drug-likeness (QED) is 0.852. The van der Waals surface area contributed by atoms with Crippen LogP contribution in [0.4, 0.5) is 4.79 Å². The highest BCUT2D eigenvalue weighted by Crippen LogP contribution is 2.26. The highest BCUT2D eigenvalue weighted by atomic mass is 16.6. The molecule has 1 aliphatic heterocycles. The van der Waals surface area contributed by atoms with Crippen molar-refractivity contribution in [3.63, 3.8) is 0 Å². The van der Waals surface area contributed by atoms with Crippen molar-refractivity contribution in [1.82, 2.24) is 10.2 Å². The molecular weight excluding hydrogens is 278 g/mol. The van der Waals surface area contributed by atoms with E-state index in [0.717, 1.165) is 11.8 Å². The first-order chi connectivity index (χ1) is 10.3. The van der Waals surface area contributed by atoms with Crippen LogP contribution in [0.2, 0.25) is 0 Å². The first kappa shape index (κ1) is 17.1. The largest absolute Gasteiger partial charge is 0.444 e. The van der Waals surface area contributed by atoms with Gasteiger partial charge in [-0.1, -0.05) is 19.3 Å². The van der Waals surface area contributed by atoms with E-state index in [1.165, 1.54) is 32.1 Å². The Bertz CT molecular complexity index is 409. The monoisotopic (exact) mass is 309 g/mol. The van der Waals surface area contributed by atoms with Gasteiger partial charge in [-0.3, -0.25) is 9.89 Å². The maximum absolute atomic E-state index is 12.2. The second-order valence-corrected chi connectivity index (χ2v) is 7.56. The van der Waals surface area contributed by atoms with Crippen LogP contribution in [0.25, 0.3) is 0 Å². The Balaban J connectivity index is 1.84. The van der Waals surface area contributed by atoms with Crippen LogP contribution < -0.4 is 5.32 Å². The van der Waals surface area contributed by atoms with Gasteiger partial charge in [0.2, 0.25) is 0 Å². The van der Waals surface area contributed by atoms with Crippen LogP contribution in [0.5, 0.6) is 0 Å². The molecule has 126 valence electrons. The molecule has 22 heavy (non-hydrogen) atoms. The van der Waals surface area contributed by atoms with E-state index in [2.05, 4.69) is 17.2 Å². The number of ether oxygens (including phenoxy) is 1. The zero-order chi connectivity index (χ0) is 16.2. The third-order valence-electron chi connectivity index (χ3n) is 4.42. The van der Waals surface area contributed by atoms with E-state index in [1.54, 1.807) is 4.90 Å². The van der Waals surface area contributed by atoms with Crippen LogP contribution in [0, 0.1) is 5.92 Å². The summed E-state index contributed by atoms with van der Waals surface area (Å²) in [5, 5.41) is 3.54. The molecule has 1 saturated carbocycles. The normalized spacial score (nSPS) is 22.0. The Morgan fingerprint density at radius 1 is 1.32 bits per heavy atom. The van der Waals surface area contributed by atoms with Crippen LogP contribution >= 0.6 is 0 Å². The van der Waals surface area contributed by atoms with Crippen molar-refractivity contribution >= 4 is 11.9 Å². The molecular formula is C17H31N3O2. The summed E-state index contributed by atoms with van der Waals surface area (Å²) >= 11 is 0. The fourth-order valence-corrected chi connectivity index (χ4v) is 3.20. The number of carbonyl (C=O) groups is 1. The summed E-state index contributed by atoms with van der Waals surface area (Å²) < 4.78 is 5.45. The van der Waals surface area contributed by atoms with Crippen LogP contribution in [-0.4, -0.2) is 48.1 Å². The summed E-state index contributed by atoms with van der Waals surface area (Å²) in [4.78, 5) is 18.5. The van der Waals surface area contributed by atoms with Crippen molar-refractivity contribution in [2.45, 2.75) is 71.4 Å². The summed E-state index contributed by atoms with van der Waals surface area (Å²) in [6.07, 6.45) is 6.41. The lowest BCUT2D eigenvalue weighted by Crippen LogP contribution is -2.50. The van der Waals surface area contributed by atoms with Gasteiger partial charge in [-0.2, -0.15) is 0 Å². The number of amides is 1. The van der Waals surface area contributed by atoms with Gasteiger partial charge in [0, 0.05) is 12.6 Å². The number of hydrogen-bond donors (Lipinski definition) is 1. The zero-order valence-corrected chi connectivity index (χ0v) is 14.5. The predicted octanol–water partition coefficient (Wildman–Crippen LogP) is 3.19. The maximum atomic E-state index is 12.2. The average molecular weight is 309 g/mol. The molecule has 0 aromatic heterocycles. The molecule has 5 nitrogen and oxygen atoms in total. The minimum absolute atomic E-state index is 0.244. The van der Waals surface area contributed by atoms with E-state index in [4.69, 9.17) is 4.74 Å². The molecule has 0 aromatic rings. The van der Waals surface area contributed by atoms with Gasteiger partial charge in [-0.25, -0.2) is 4.79 Å². The highest BCUT2D eigenvalue weighted by molar-refractivity contribution is 5.88. The molecule has 1 heterocycles. The maximum Gasteiger partial charge on any atom is 0.410 e. The molecule has 2 aliphatic rings. The first-order valence-corrected chi connectivity index (χ1v) is 8.63. The van der Waals surface area contributed by atoms with E-state index in [0.29, 0.717) is 25.7 Å². The Kier molecular flexibility index (Phi) is 5.70. The lowest BCUT2D eigenvalue weighted by atomic mass is 9.84. The Morgan fingerprint density at radius 2 is 2.00 bits per heavy atom. The number of aliphatic imine (C=N–C) groups is 1. The number of rotatable bonds is 2. The predicted molar refractivity (Wildman–Crippen MR) is 89.3 cm³/mol. The number of hydrogen-bond acceptors (Lipinski definition) is 4. The van der Waals surface area contributed by atoms with Gasteiger partial charge in [-0.15, -0.1) is 0 Å². The van der Waals surface area contributed by atoms with Crippen LogP contribution in [0.15, 0.2) is 4.99 Å². The molecule has 0 bridgehead atoms.